The molecule has 0 saturated heterocycles. The lowest BCUT2D eigenvalue weighted by atomic mass is 10.1. The number of nitrogens with two attached hydrogens (primary N) is 1. The number of Topliss-reactive ketones (excluding diaryl/α,β-unsaturated/α-hetero) is 1. The molecule has 1 aliphatic heterocycles. The highest BCUT2D eigenvalue weighted by Gasteiger charge is 2.18. The van der Waals surface area contributed by atoms with Crippen LogP contribution in [0, 0.1) is 0 Å². The van der Waals surface area contributed by atoms with Crippen LogP contribution in [-0.4, -0.2) is 29.7 Å². The Kier molecular flexibility index (Phi) is 4.11. The second kappa shape index (κ2) is 5.79. The molecule has 1 aromatic heterocycles. The lowest BCUT2D eigenvalue weighted by molar-refractivity contribution is -0.117. The first kappa shape index (κ1) is 12.8. The van der Waals surface area contributed by atoms with Gasteiger partial charge < -0.3 is 4.90 Å². The van der Waals surface area contributed by atoms with Crippen LogP contribution in [-0.2, 0) is 4.79 Å². The number of thiophene rings is 1. The molecule has 0 fully saturated rings. The minimum atomic E-state index is -0.275. The van der Waals surface area contributed by atoms with Crippen LogP contribution in [0.25, 0.3) is 0 Å². The van der Waals surface area contributed by atoms with Gasteiger partial charge in [0.2, 0.25) is 0 Å². The molecule has 3 N–H and O–H groups in total. The zero-order valence-electron chi connectivity index (χ0n) is 9.89. The molecule has 0 saturated carbocycles. The first-order chi connectivity index (χ1) is 8.70. The smallest absolute Gasteiger partial charge is 0.262 e. The van der Waals surface area contributed by atoms with Gasteiger partial charge in [-0.3, -0.25) is 15.0 Å². The molecule has 96 valence electrons. The Labute approximate surface area is 109 Å². The molecule has 0 radical (unpaired) electrons. The van der Waals surface area contributed by atoms with E-state index in [1.807, 2.05) is 22.4 Å². The highest BCUT2D eigenvalue weighted by atomic mass is 32.1. The fourth-order valence-electron chi connectivity index (χ4n) is 1.91. The van der Waals surface area contributed by atoms with E-state index in [4.69, 9.17) is 5.84 Å². The van der Waals surface area contributed by atoms with Crippen molar-refractivity contribution in [2.24, 2.45) is 5.84 Å². The summed E-state index contributed by atoms with van der Waals surface area (Å²) in [6, 6.07) is 3.67. The van der Waals surface area contributed by atoms with Crippen molar-refractivity contribution in [1.29, 1.82) is 0 Å². The van der Waals surface area contributed by atoms with Crippen molar-refractivity contribution >= 4 is 23.0 Å². The monoisotopic (exact) mass is 265 g/mol. The molecule has 1 amide bonds. The quantitative estimate of drug-likeness (QED) is 0.367. The number of hydrogen-bond donors (Lipinski definition) is 2. The maximum atomic E-state index is 11.9. The molecule has 5 nitrogen and oxygen atoms in total. The fraction of sp³-hybridized carbons (Fsp3) is 0.333. The van der Waals surface area contributed by atoms with E-state index in [9.17, 15) is 9.59 Å². The molecule has 2 rings (SSSR count). The molecule has 0 aliphatic carbocycles. The number of carbonyl (C=O) groups is 2. The van der Waals surface area contributed by atoms with Crippen LogP contribution in [0.15, 0.2) is 29.3 Å². The van der Waals surface area contributed by atoms with Crippen molar-refractivity contribution < 1.29 is 9.59 Å². The number of carbonyl (C=O) groups excluding carboxylic acids is 2. The van der Waals surface area contributed by atoms with Gasteiger partial charge in [0, 0.05) is 18.3 Å². The van der Waals surface area contributed by atoms with Crippen molar-refractivity contribution in [2.75, 3.05) is 13.1 Å². The highest BCUT2D eigenvalue weighted by Crippen LogP contribution is 2.16. The number of nitrogens with zero attached hydrogens (tertiary/aromatic N) is 1. The summed E-state index contributed by atoms with van der Waals surface area (Å²) >= 11 is 1.44. The molecule has 0 spiro atoms. The van der Waals surface area contributed by atoms with Gasteiger partial charge in [-0.25, -0.2) is 5.84 Å². The molecule has 0 unspecified atom stereocenters. The van der Waals surface area contributed by atoms with Gasteiger partial charge in [0.25, 0.3) is 5.91 Å². The van der Waals surface area contributed by atoms with E-state index >= 15 is 0 Å². The van der Waals surface area contributed by atoms with Crippen LogP contribution in [0.3, 0.4) is 0 Å². The second-order valence-corrected chi connectivity index (χ2v) is 5.05. The Hall–Kier alpha value is -1.66. The first-order valence-electron chi connectivity index (χ1n) is 5.73. The Morgan fingerprint density at radius 2 is 2.33 bits per heavy atom. The summed E-state index contributed by atoms with van der Waals surface area (Å²) in [6.07, 6.45) is 3.29. The highest BCUT2D eigenvalue weighted by molar-refractivity contribution is 7.12. The van der Waals surface area contributed by atoms with E-state index in [1.165, 1.54) is 11.3 Å². The van der Waals surface area contributed by atoms with Gasteiger partial charge in [-0.2, -0.15) is 0 Å². The maximum absolute atomic E-state index is 11.9. The summed E-state index contributed by atoms with van der Waals surface area (Å²) < 4.78 is 0. The Bertz CT molecular complexity index is 468. The van der Waals surface area contributed by atoms with Crippen LogP contribution in [0.4, 0.5) is 0 Å². The Balaban J connectivity index is 2.01. The minimum absolute atomic E-state index is 0.0793. The maximum Gasteiger partial charge on any atom is 0.262 e. The van der Waals surface area contributed by atoms with E-state index in [0.717, 1.165) is 17.8 Å². The first-order valence-corrected chi connectivity index (χ1v) is 6.61. The van der Waals surface area contributed by atoms with Gasteiger partial charge >= 0.3 is 0 Å². The average Bonchev–Trinajstić information content (AvgIpc) is 2.92. The normalized spacial score (nSPS) is 15.2. The lowest BCUT2D eigenvalue weighted by Crippen LogP contribution is -2.36. The average molecular weight is 265 g/mol. The Morgan fingerprint density at radius 3 is 3.00 bits per heavy atom. The minimum Gasteiger partial charge on any atom is -0.369 e. The molecular weight excluding hydrogens is 250 g/mol. The van der Waals surface area contributed by atoms with Gasteiger partial charge in [-0.1, -0.05) is 6.07 Å². The van der Waals surface area contributed by atoms with Crippen molar-refractivity contribution in [1.82, 2.24) is 10.3 Å². The number of hydrazine groups is 1. The fourth-order valence-corrected chi connectivity index (χ4v) is 2.57. The third-order valence-electron chi connectivity index (χ3n) is 2.80. The molecule has 6 heteroatoms. The third-order valence-corrected chi connectivity index (χ3v) is 3.71. The summed E-state index contributed by atoms with van der Waals surface area (Å²) in [5, 5.41) is 1.88. The van der Waals surface area contributed by atoms with E-state index in [1.54, 1.807) is 6.20 Å². The summed E-state index contributed by atoms with van der Waals surface area (Å²) in [7, 11) is 0. The number of hydrogen-bond acceptors (Lipinski definition) is 5. The van der Waals surface area contributed by atoms with Gasteiger partial charge in [-0.05, 0) is 24.3 Å². The number of rotatable bonds is 4. The largest absolute Gasteiger partial charge is 0.369 e. The topological polar surface area (TPSA) is 75.4 Å². The zero-order valence-corrected chi connectivity index (χ0v) is 10.7. The van der Waals surface area contributed by atoms with Gasteiger partial charge in [0.05, 0.1) is 11.4 Å². The second-order valence-electron chi connectivity index (χ2n) is 4.10. The van der Waals surface area contributed by atoms with E-state index in [-0.39, 0.29) is 11.7 Å². The Morgan fingerprint density at radius 1 is 1.50 bits per heavy atom. The summed E-state index contributed by atoms with van der Waals surface area (Å²) in [5.74, 6) is 4.91. The molecule has 2 heterocycles. The van der Waals surface area contributed by atoms with E-state index < -0.39 is 0 Å². The van der Waals surface area contributed by atoms with Crippen molar-refractivity contribution in [3.8, 4) is 0 Å². The van der Waals surface area contributed by atoms with Crippen LogP contribution in [0.5, 0.6) is 0 Å². The summed E-state index contributed by atoms with van der Waals surface area (Å²) in [5.41, 5.74) is 2.75. The van der Waals surface area contributed by atoms with Gasteiger partial charge in [-0.15, -0.1) is 11.3 Å². The molecular formula is C12H15N3O2S. The number of amides is 1. The molecule has 1 aliphatic rings. The van der Waals surface area contributed by atoms with Crippen molar-refractivity contribution in [3.05, 3.63) is 34.2 Å². The van der Waals surface area contributed by atoms with Gasteiger partial charge in [0.1, 0.15) is 0 Å². The SMILES string of the molecule is NNC(=O)C1=CN(CC(=O)c2cccs2)CCC1. The lowest BCUT2D eigenvalue weighted by Gasteiger charge is -2.25. The van der Waals surface area contributed by atoms with Crippen LogP contribution >= 0.6 is 11.3 Å². The molecule has 1 aromatic rings. The number of ketones is 1. The molecule has 0 aromatic carbocycles. The predicted octanol–water partition coefficient (Wildman–Crippen LogP) is 0.900. The van der Waals surface area contributed by atoms with Crippen LogP contribution in [0.2, 0.25) is 0 Å². The standard InChI is InChI=1S/C12H15N3O2S/c13-14-12(17)9-3-1-5-15(7-9)8-10(16)11-4-2-6-18-11/h2,4,6-7H,1,3,5,8,13H2,(H,14,17). The third kappa shape index (κ3) is 2.96. The number of nitrogens with one attached hydrogen (secondary N) is 1. The molecule has 18 heavy (non-hydrogen) atoms. The van der Waals surface area contributed by atoms with E-state index in [2.05, 4.69) is 5.43 Å². The van der Waals surface area contributed by atoms with Crippen molar-refractivity contribution in [2.45, 2.75) is 12.8 Å². The summed E-state index contributed by atoms with van der Waals surface area (Å²) in [6.45, 7) is 1.10. The van der Waals surface area contributed by atoms with E-state index in [0.29, 0.717) is 18.5 Å². The predicted molar refractivity (Wildman–Crippen MR) is 69.9 cm³/mol. The molecule has 0 atom stereocenters. The molecule has 0 bridgehead atoms. The summed E-state index contributed by atoms with van der Waals surface area (Å²) in [4.78, 5) is 26.0. The van der Waals surface area contributed by atoms with Gasteiger partial charge in [0.15, 0.2) is 5.78 Å². The van der Waals surface area contributed by atoms with Crippen LogP contribution < -0.4 is 11.3 Å². The van der Waals surface area contributed by atoms with Crippen molar-refractivity contribution in [3.63, 3.8) is 0 Å². The zero-order chi connectivity index (χ0) is 13.0. The van der Waals surface area contributed by atoms with Crippen LogP contribution in [0.1, 0.15) is 22.5 Å².